The molecule has 0 unspecified atom stereocenters. The van der Waals surface area contributed by atoms with Gasteiger partial charge in [0.15, 0.2) is 0 Å². The Morgan fingerprint density at radius 3 is 2.42 bits per heavy atom. The summed E-state index contributed by atoms with van der Waals surface area (Å²) in [6.45, 7) is 7.14. The first-order valence-electron chi connectivity index (χ1n) is 10.2. The third-order valence-electron chi connectivity index (χ3n) is 5.89. The molecule has 26 heavy (non-hydrogen) atoms. The molecule has 0 amide bonds. The van der Waals surface area contributed by atoms with Crippen LogP contribution in [0.15, 0.2) is 47.8 Å². The number of hydrogen-bond donors (Lipinski definition) is 1. The van der Waals surface area contributed by atoms with E-state index >= 15 is 0 Å². The Morgan fingerprint density at radius 1 is 0.962 bits per heavy atom. The van der Waals surface area contributed by atoms with Crippen molar-refractivity contribution in [3.8, 4) is 0 Å². The Bertz CT molecular complexity index is 629. The highest BCUT2D eigenvalue weighted by atomic mass is 32.1. The summed E-state index contributed by atoms with van der Waals surface area (Å²) < 4.78 is 0. The van der Waals surface area contributed by atoms with Gasteiger partial charge in [0.25, 0.3) is 0 Å². The molecule has 140 valence electrons. The average Bonchev–Trinajstić information content (AvgIpc) is 3.39. The molecule has 4 heteroatoms. The number of piperidine rings is 1. The van der Waals surface area contributed by atoms with Crippen LogP contribution in [-0.4, -0.2) is 48.6 Å². The Hall–Kier alpha value is -1.20. The molecule has 0 aliphatic carbocycles. The summed E-state index contributed by atoms with van der Waals surface area (Å²) >= 11 is 1.92. The van der Waals surface area contributed by atoms with E-state index in [9.17, 15) is 0 Å². The summed E-state index contributed by atoms with van der Waals surface area (Å²) in [4.78, 5) is 6.81. The molecule has 2 fully saturated rings. The first kappa shape index (κ1) is 18.2. The maximum Gasteiger partial charge on any atom is 0.0566 e. The second kappa shape index (κ2) is 9.14. The molecule has 1 N–H and O–H groups in total. The molecule has 2 aliphatic heterocycles. The summed E-state index contributed by atoms with van der Waals surface area (Å²) in [5, 5.41) is 6.13. The van der Waals surface area contributed by atoms with Gasteiger partial charge in [-0.1, -0.05) is 36.4 Å². The summed E-state index contributed by atoms with van der Waals surface area (Å²) in [7, 11) is 0. The molecule has 1 atom stereocenters. The van der Waals surface area contributed by atoms with Crippen LogP contribution < -0.4 is 5.32 Å². The van der Waals surface area contributed by atoms with Gasteiger partial charge in [0.2, 0.25) is 0 Å². The first-order valence-corrected chi connectivity index (χ1v) is 11.0. The van der Waals surface area contributed by atoms with Crippen LogP contribution in [0.3, 0.4) is 0 Å². The Kier molecular flexibility index (Phi) is 6.39. The lowest BCUT2D eigenvalue weighted by Crippen LogP contribution is -2.45. The van der Waals surface area contributed by atoms with E-state index in [1.165, 1.54) is 62.3 Å². The lowest BCUT2D eigenvalue weighted by Gasteiger charge is -2.34. The zero-order valence-corrected chi connectivity index (χ0v) is 16.5. The Balaban J connectivity index is 1.25. The zero-order valence-electron chi connectivity index (χ0n) is 15.6. The Labute approximate surface area is 162 Å². The van der Waals surface area contributed by atoms with E-state index in [0.29, 0.717) is 12.1 Å². The fourth-order valence-electron chi connectivity index (χ4n) is 4.36. The van der Waals surface area contributed by atoms with Gasteiger partial charge in [0, 0.05) is 24.0 Å². The molecule has 4 rings (SSSR count). The number of likely N-dealkylation sites (tertiary alicyclic amines) is 2. The second-order valence-corrected chi connectivity index (χ2v) is 8.70. The van der Waals surface area contributed by atoms with Crippen molar-refractivity contribution in [2.75, 3.05) is 32.7 Å². The number of rotatable bonds is 7. The van der Waals surface area contributed by atoms with Gasteiger partial charge in [0.05, 0.1) is 6.04 Å². The van der Waals surface area contributed by atoms with E-state index in [4.69, 9.17) is 0 Å². The quantitative estimate of drug-likeness (QED) is 0.791. The standard InChI is InChI=1S/C22H31N3S/c1-2-7-19(8-3-1)18-24-14-10-20(11-15-24)23-17-21(22-9-6-16-26-22)25-12-4-5-13-25/h1-3,6-9,16,20-21,23H,4-5,10-15,17-18H2/t21-/m0/s1. The lowest BCUT2D eigenvalue weighted by atomic mass is 10.0. The maximum absolute atomic E-state index is 3.91. The zero-order chi connectivity index (χ0) is 17.6. The van der Waals surface area contributed by atoms with Crippen LogP contribution in [0.2, 0.25) is 0 Å². The molecule has 0 bridgehead atoms. The smallest absolute Gasteiger partial charge is 0.0566 e. The van der Waals surface area contributed by atoms with Crippen LogP contribution in [0.1, 0.15) is 42.2 Å². The van der Waals surface area contributed by atoms with Crippen molar-refractivity contribution in [1.29, 1.82) is 0 Å². The van der Waals surface area contributed by atoms with E-state index in [2.05, 4.69) is 63.0 Å². The van der Waals surface area contributed by atoms with Crippen LogP contribution in [0, 0.1) is 0 Å². The molecule has 0 saturated carbocycles. The van der Waals surface area contributed by atoms with Crippen LogP contribution in [0.4, 0.5) is 0 Å². The summed E-state index contributed by atoms with van der Waals surface area (Å²) in [6, 6.07) is 16.6. The van der Waals surface area contributed by atoms with Crippen molar-refractivity contribution in [1.82, 2.24) is 15.1 Å². The molecule has 2 aliphatic rings. The van der Waals surface area contributed by atoms with Gasteiger partial charge < -0.3 is 5.32 Å². The van der Waals surface area contributed by atoms with Gasteiger partial charge >= 0.3 is 0 Å². The third-order valence-corrected chi connectivity index (χ3v) is 6.86. The summed E-state index contributed by atoms with van der Waals surface area (Å²) in [6.07, 6.45) is 5.26. The highest BCUT2D eigenvalue weighted by Crippen LogP contribution is 2.28. The molecular weight excluding hydrogens is 338 g/mol. The second-order valence-electron chi connectivity index (χ2n) is 7.72. The number of nitrogens with zero attached hydrogens (tertiary/aromatic N) is 2. The number of hydrogen-bond acceptors (Lipinski definition) is 4. The predicted molar refractivity (Wildman–Crippen MR) is 111 cm³/mol. The third kappa shape index (κ3) is 4.74. The van der Waals surface area contributed by atoms with E-state index < -0.39 is 0 Å². The van der Waals surface area contributed by atoms with Crippen molar-refractivity contribution in [3.05, 3.63) is 58.3 Å². The van der Waals surface area contributed by atoms with Crippen molar-refractivity contribution in [2.24, 2.45) is 0 Å². The maximum atomic E-state index is 3.91. The average molecular weight is 370 g/mol. The monoisotopic (exact) mass is 369 g/mol. The Morgan fingerprint density at radius 2 is 1.73 bits per heavy atom. The van der Waals surface area contributed by atoms with Gasteiger partial charge in [-0.05, 0) is 68.9 Å². The van der Waals surface area contributed by atoms with Gasteiger partial charge in [0.1, 0.15) is 0 Å². The molecule has 3 nitrogen and oxygen atoms in total. The molecule has 0 spiro atoms. The summed E-state index contributed by atoms with van der Waals surface area (Å²) in [5.74, 6) is 0. The fourth-order valence-corrected chi connectivity index (χ4v) is 5.22. The van der Waals surface area contributed by atoms with Gasteiger partial charge in [-0.2, -0.15) is 0 Å². The number of benzene rings is 1. The number of thiophene rings is 1. The largest absolute Gasteiger partial charge is 0.312 e. The lowest BCUT2D eigenvalue weighted by molar-refractivity contribution is 0.177. The van der Waals surface area contributed by atoms with Crippen molar-refractivity contribution in [3.63, 3.8) is 0 Å². The normalized spacial score (nSPS) is 21.2. The number of nitrogens with one attached hydrogen (secondary N) is 1. The van der Waals surface area contributed by atoms with E-state index in [-0.39, 0.29) is 0 Å². The summed E-state index contributed by atoms with van der Waals surface area (Å²) in [5.41, 5.74) is 1.44. The molecule has 0 radical (unpaired) electrons. The predicted octanol–water partition coefficient (Wildman–Crippen LogP) is 4.14. The molecule has 1 aromatic heterocycles. The van der Waals surface area contributed by atoms with Gasteiger partial charge in [-0.15, -0.1) is 11.3 Å². The molecule has 2 aromatic rings. The van der Waals surface area contributed by atoms with E-state index in [1.54, 1.807) is 0 Å². The van der Waals surface area contributed by atoms with Crippen LogP contribution in [0.25, 0.3) is 0 Å². The van der Waals surface area contributed by atoms with Crippen LogP contribution >= 0.6 is 11.3 Å². The van der Waals surface area contributed by atoms with Gasteiger partial charge in [-0.25, -0.2) is 0 Å². The van der Waals surface area contributed by atoms with Crippen LogP contribution in [0.5, 0.6) is 0 Å². The molecule has 3 heterocycles. The molecular formula is C22H31N3S. The SMILES string of the molecule is c1ccc(CN2CCC(NC[C@@H](c3cccs3)N3CCCC3)CC2)cc1. The van der Waals surface area contributed by atoms with Crippen molar-refractivity contribution < 1.29 is 0 Å². The first-order chi connectivity index (χ1) is 12.9. The topological polar surface area (TPSA) is 18.5 Å². The van der Waals surface area contributed by atoms with Crippen molar-refractivity contribution >= 4 is 11.3 Å². The minimum Gasteiger partial charge on any atom is -0.312 e. The van der Waals surface area contributed by atoms with E-state index in [0.717, 1.165) is 13.1 Å². The highest BCUT2D eigenvalue weighted by Gasteiger charge is 2.26. The van der Waals surface area contributed by atoms with E-state index in [1.807, 2.05) is 11.3 Å². The fraction of sp³-hybridized carbons (Fsp3) is 0.545. The highest BCUT2D eigenvalue weighted by molar-refractivity contribution is 7.10. The van der Waals surface area contributed by atoms with Crippen LogP contribution in [-0.2, 0) is 6.54 Å². The van der Waals surface area contributed by atoms with Crippen molar-refractivity contribution in [2.45, 2.75) is 44.3 Å². The molecule has 2 saturated heterocycles. The minimum absolute atomic E-state index is 0.569. The minimum atomic E-state index is 0.569. The molecule has 1 aromatic carbocycles. The van der Waals surface area contributed by atoms with Gasteiger partial charge in [-0.3, -0.25) is 9.80 Å².